The Balaban J connectivity index is 1.37. The summed E-state index contributed by atoms with van der Waals surface area (Å²) >= 11 is 1.65. The van der Waals surface area contributed by atoms with Gasteiger partial charge in [0.1, 0.15) is 0 Å². The summed E-state index contributed by atoms with van der Waals surface area (Å²) in [6, 6.07) is 15.7. The van der Waals surface area contributed by atoms with E-state index in [0.29, 0.717) is 6.04 Å². The summed E-state index contributed by atoms with van der Waals surface area (Å²) < 4.78 is 0. The molecule has 1 aliphatic heterocycles. The van der Waals surface area contributed by atoms with Gasteiger partial charge in [-0.25, -0.2) is 4.98 Å². The third kappa shape index (κ3) is 4.37. The van der Waals surface area contributed by atoms with E-state index in [1.807, 2.05) is 5.51 Å². The number of hydrogen-bond acceptors (Lipinski definition) is 5. The molecule has 0 atom stereocenters. The lowest BCUT2D eigenvalue weighted by molar-refractivity contribution is 0.198. The molecule has 4 rings (SSSR count). The SMILES string of the molecule is Cc1cccc(CN(C)C2CCN(c3cccc(-c4cscn4)c3)CC2)n1. The van der Waals surface area contributed by atoms with Crippen LogP contribution in [0.5, 0.6) is 0 Å². The summed E-state index contributed by atoms with van der Waals surface area (Å²) in [5.74, 6) is 0. The zero-order valence-electron chi connectivity index (χ0n) is 16.0. The molecule has 4 nitrogen and oxygen atoms in total. The molecule has 2 aromatic heterocycles. The van der Waals surface area contributed by atoms with Gasteiger partial charge in [0.25, 0.3) is 0 Å². The second kappa shape index (κ2) is 8.19. The Bertz CT molecular complexity index is 870. The number of anilines is 1. The fourth-order valence-corrected chi connectivity index (χ4v) is 4.42. The molecule has 1 aliphatic rings. The van der Waals surface area contributed by atoms with Crippen LogP contribution in [0.4, 0.5) is 5.69 Å². The van der Waals surface area contributed by atoms with Crippen LogP contribution in [-0.4, -0.2) is 41.0 Å². The first-order valence-corrected chi connectivity index (χ1v) is 10.5. The lowest BCUT2D eigenvalue weighted by atomic mass is 10.0. The molecule has 140 valence electrons. The van der Waals surface area contributed by atoms with Gasteiger partial charge in [0.15, 0.2) is 0 Å². The van der Waals surface area contributed by atoms with Crippen molar-refractivity contribution < 1.29 is 0 Å². The van der Waals surface area contributed by atoms with Gasteiger partial charge in [-0.2, -0.15) is 0 Å². The van der Waals surface area contributed by atoms with E-state index in [1.165, 1.54) is 24.1 Å². The second-order valence-corrected chi connectivity index (χ2v) is 8.05. The highest BCUT2D eigenvalue weighted by Gasteiger charge is 2.23. The quantitative estimate of drug-likeness (QED) is 0.649. The van der Waals surface area contributed by atoms with Gasteiger partial charge in [-0.15, -0.1) is 11.3 Å². The zero-order chi connectivity index (χ0) is 18.6. The first-order chi connectivity index (χ1) is 13.2. The maximum absolute atomic E-state index is 4.65. The molecular weight excluding hydrogens is 352 g/mol. The van der Waals surface area contributed by atoms with Crippen molar-refractivity contribution in [3.05, 3.63) is 64.7 Å². The highest BCUT2D eigenvalue weighted by Crippen LogP contribution is 2.27. The third-order valence-electron chi connectivity index (χ3n) is 5.38. The molecule has 0 aliphatic carbocycles. The molecule has 0 unspecified atom stereocenters. The molecule has 3 heterocycles. The van der Waals surface area contributed by atoms with E-state index in [-0.39, 0.29) is 0 Å². The van der Waals surface area contributed by atoms with E-state index in [1.54, 1.807) is 11.3 Å². The number of piperidine rings is 1. The summed E-state index contributed by atoms with van der Waals surface area (Å²) in [5, 5.41) is 2.11. The minimum Gasteiger partial charge on any atom is -0.371 e. The van der Waals surface area contributed by atoms with Crippen molar-refractivity contribution in [2.45, 2.75) is 32.4 Å². The van der Waals surface area contributed by atoms with E-state index in [9.17, 15) is 0 Å². The number of aromatic nitrogens is 2. The molecule has 3 aromatic rings. The second-order valence-electron chi connectivity index (χ2n) is 7.33. The molecule has 0 spiro atoms. The van der Waals surface area contributed by atoms with Gasteiger partial charge in [0.05, 0.1) is 16.9 Å². The van der Waals surface area contributed by atoms with E-state index < -0.39 is 0 Å². The first-order valence-electron chi connectivity index (χ1n) is 9.55. The Morgan fingerprint density at radius 3 is 2.70 bits per heavy atom. The Labute approximate surface area is 165 Å². The number of nitrogens with zero attached hydrogens (tertiary/aromatic N) is 4. The summed E-state index contributed by atoms with van der Waals surface area (Å²) in [6.07, 6.45) is 2.37. The van der Waals surface area contributed by atoms with Crippen molar-refractivity contribution in [1.82, 2.24) is 14.9 Å². The number of hydrogen-bond donors (Lipinski definition) is 0. The minimum absolute atomic E-state index is 0.616. The van der Waals surface area contributed by atoms with Crippen molar-refractivity contribution in [3.8, 4) is 11.3 Å². The van der Waals surface area contributed by atoms with Gasteiger partial charge < -0.3 is 4.90 Å². The topological polar surface area (TPSA) is 32.3 Å². The van der Waals surface area contributed by atoms with Crippen LogP contribution in [-0.2, 0) is 6.54 Å². The van der Waals surface area contributed by atoms with Gasteiger partial charge in [-0.05, 0) is 51.1 Å². The Morgan fingerprint density at radius 1 is 1.15 bits per heavy atom. The smallest absolute Gasteiger partial charge is 0.0811 e. The van der Waals surface area contributed by atoms with E-state index in [2.05, 4.69) is 81.6 Å². The molecule has 27 heavy (non-hydrogen) atoms. The van der Waals surface area contributed by atoms with Crippen molar-refractivity contribution in [1.29, 1.82) is 0 Å². The van der Waals surface area contributed by atoms with Gasteiger partial charge >= 0.3 is 0 Å². The van der Waals surface area contributed by atoms with Gasteiger partial charge in [0.2, 0.25) is 0 Å². The molecule has 0 N–H and O–H groups in total. The lowest BCUT2D eigenvalue weighted by Gasteiger charge is -2.38. The Hall–Kier alpha value is -2.24. The number of pyridine rings is 1. The predicted molar refractivity (Wildman–Crippen MR) is 113 cm³/mol. The van der Waals surface area contributed by atoms with Crippen molar-refractivity contribution >= 4 is 17.0 Å². The maximum Gasteiger partial charge on any atom is 0.0811 e. The molecule has 1 aromatic carbocycles. The maximum atomic E-state index is 4.65. The predicted octanol–water partition coefficient (Wildman–Crippen LogP) is 4.61. The molecule has 1 saturated heterocycles. The largest absolute Gasteiger partial charge is 0.371 e. The standard InChI is InChI=1S/C22H26N4S/c1-17-5-3-7-19(24-17)14-25(2)20-9-11-26(12-10-20)21-8-4-6-18(13-21)22-15-27-16-23-22/h3-8,13,15-16,20H,9-12,14H2,1-2H3. The average Bonchev–Trinajstić information content (AvgIpc) is 3.23. The highest BCUT2D eigenvalue weighted by molar-refractivity contribution is 7.07. The fourth-order valence-electron chi connectivity index (χ4n) is 3.85. The van der Waals surface area contributed by atoms with Gasteiger partial charge in [0, 0.05) is 48.0 Å². The van der Waals surface area contributed by atoms with Gasteiger partial charge in [-0.3, -0.25) is 9.88 Å². The molecule has 5 heteroatoms. The number of benzene rings is 1. The van der Waals surface area contributed by atoms with Crippen molar-refractivity contribution in [3.63, 3.8) is 0 Å². The van der Waals surface area contributed by atoms with E-state index in [4.69, 9.17) is 0 Å². The lowest BCUT2D eigenvalue weighted by Crippen LogP contribution is -2.43. The van der Waals surface area contributed by atoms with Crippen LogP contribution < -0.4 is 4.90 Å². The van der Waals surface area contributed by atoms with E-state index in [0.717, 1.165) is 36.7 Å². The monoisotopic (exact) mass is 378 g/mol. The van der Waals surface area contributed by atoms with Crippen LogP contribution in [0.25, 0.3) is 11.3 Å². The van der Waals surface area contributed by atoms with Crippen LogP contribution in [0.2, 0.25) is 0 Å². The fraction of sp³-hybridized carbons (Fsp3) is 0.364. The molecule has 0 amide bonds. The molecule has 0 saturated carbocycles. The van der Waals surface area contributed by atoms with Crippen LogP contribution in [0.3, 0.4) is 0 Å². The molecular formula is C22H26N4S. The number of thiazole rings is 1. The summed E-state index contributed by atoms with van der Waals surface area (Å²) in [6.45, 7) is 5.17. The Morgan fingerprint density at radius 2 is 1.96 bits per heavy atom. The minimum atomic E-state index is 0.616. The summed E-state index contributed by atoms with van der Waals surface area (Å²) in [7, 11) is 2.23. The number of rotatable bonds is 5. The third-order valence-corrected chi connectivity index (χ3v) is 5.97. The first kappa shape index (κ1) is 18.1. The summed E-state index contributed by atoms with van der Waals surface area (Å²) in [4.78, 5) is 14.1. The van der Waals surface area contributed by atoms with Gasteiger partial charge in [-0.1, -0.05) is 18.2 Å². The Kier molecular flexibility index (Phi) is 5.50. The van der Waals surface area contributed by atoms with Crippen LogP contribution >= 0.6 is 11.3 Å². The van der Waals surface area contributed by atoms with Crippen LogP contribution in [0.1, 0.15) is 24.2 Å². The molecule has 0 radical (unpaired) electrons. The highest BCUT2D eigenvalue weighted by atomic mass is 32.1. The van der Waals surface area contributed by atoms with Crippen LogP contribution in [0.15, 0.2) is 53.4 Å². The summed E-state index contributed by atoms with van der Waals surface area (Å²) in [5.41, 5.74) is 7.74. The van der Waals surface area contributed by atoms with E-state index >= 15 is 0 Å². The normalized spacial score (nSPS) is 15.4. The molecule has 0 bridgehead atoms. The van der Waals surface area contributed by atoms with Crippen molar-refractivity contribution in [2.24, 2.45) is 0 Å². The van der Waals surface area contributed by atoms with Crippen LogP contribution in [0, 0.1) is 6.92 Å². The zero-order valence-corrected chi connectivity index (χ0v) is 16.8. The molecule has 1 fully saturated rings. The van der Waals surface area contributed by atoms with Crippen molar-refractivity contribution in [2.75, 3.05) is 25.0 Å². The number of aryl methyl sites for hydroxylation is 1. The average molecular weight is 379 g/mol.